The molecule has 10 heteroatoms. The van der Waals surface area contributed by atoms with E-state index in [1.54, 1.807) is 6.07 Å². The number of pyridine rings is 1. The van der Waals surface area contributed by atoms with E-state index >= 15 is 0 Å². The van der Waals surface area contributed by atoms with Gasteiger partial charge in [-0.25, -0.2) is 4.98 Å². The number of carbonyl (C=O) groups excluding carboxylic acids is 2. The monoisotopic (exact) mass is 369 g/mol. The van der Waals surface area contributed by atoms with Gasteiger partial charge in [0, 0.05) is 23.9 Å². The van der Waals surface area contributed by atoms with Crippen LogP contribution in [0.15, 0.2) is 41.1 Å². The van der Waals surface area contributed by atoms with Crippen molar-refractivity contribution in [1.82, 2.24) is 21.0 Å². The van der Waals surface area contributed by atoms with E-state index < -0.39 is 16.7 Å². The van der Waals surface area contributed by atoms with E-state index in [4.69, 9.17) is 4.52 Å². The number of hydrogen-bond donors (Lipinski definition) is 2. The van der Waals surface area contributed by atoms with Crippen LogP contribution in [-0.4, -0.2) is 26.9 Å². The summed E-state index contributed by atoms with van der Waals surface area (Å²) < 4.78 is 5.11. The first-order chi connectivity index (χ1) is 12.9. The lowest BCUT2D eigenvalue weighted by Crippen LogP contribution is -2.41. The third kappa shape index (κ3) is 3.73. The molecule has 10 nitrogen and oxygen atoms in total. The summed E-state index contributed by atoms with van der Waals surface area (Å²) in [6, 6.07) is 6.73. The topological polar surface area (TPSA) is 140 Å². The summed E-state index contributed by atoms with van der Waals surface area (Å²) in [5.74, 6) is -1.20. The molecule has 0 aliphatic heterocycles. The summed E-state index contributed by atoms with van der Waals surface area (Å²) >= 11 is 0. The maximum absolute atomic E-state index is 12.3. The Labute approximate surface area is 152 Å². The molecule has 0 radical (unpaired) electrons. The third-order valence-electron chi connectivity index (χ3n) is 3.78. The molecule has 2 amide bonds. The van der Waals surface area contributed by atoms with Crippen molar-refractivity contribution < 1.29 is 19.0 Å². The fraction of sp³-hybridized carbons (Fsp3) is 0.176. The first kappa shape index (κ1) is 18.0. The maximum Gasteiger partial charge on any atom is 0.271 e. The number of carbonyl (C=O) groups is 2. The van der Waals surface area contributed by atoms with E-state index in [1.165, 1.54) is 24.4 Å². The normalized spacial score (nSPS) is 10.8. The third-order valence-corrected chi connectivity index (χ3v) is 3.78. The molecule has 0 spiro atoms. The second-order valence-corrected chi connectivity index (χ2v) is 6.01. The standard InChI is InChI=1S/C17H15N5O5/c1-9(2)14-13-7-11(8-18-17(13)27-21-14)16(24)20-19-15(23)10-4-3-5-12(6-10)22(25)26/h3-9H,1-2H3,(H,19,23)(H,20,24). The lowest BCUT2D eigenvalue weighted by molar-refractivity contribution is -0.384. The lowest BCUT2D eigenvalue weighted by atomic mass is 10.1. The van der Waals surface area contributed by atoms with Crippen LogP contribution in [0.1, 0.15) is 46.2 Å². The maximum atomic E-state index is 12.3. The van der Waals surface area contributed by atoms with Crippen molar-refractivity contribution in [1.29, 1.82) is 0 Å². The van der Waals surface area contributed by atoms with E-state index in [2.05, 4.69) is 21.0 Å². The number of non-ortho nitro benzene ring substituents is 1. The van der Waals surface area contributed by atoms with Crippen molar-refractivity contribution in [2.75, 3.05) is 0 Å². The molecular weight excluding hydrogens is 354 g/mol. The summed E-state index contributed by atoms with van der Waals surface area (Å²) in [6.45, 7) is 3.87. The molecule has 0 aliphatic carbocycles. The number of nitrogens with one attached hydrogen (secondary N) is 2. The van der Waals surface area contributed by atoms with Gasteiger partial charge in [0.2, 0.25) is 0 Å². The van der Waals surface area contributed by atoms with Gasteiger partial charge in [-0.05, 0) is 18.1 Å². The molecule has 2 aromatic heterocycles. The quantitative estimate of drug-likeness (QED) is 0.531. The van der Waals surface area contributed by atoms with Gasteiger partial charge in [-0.3, -0.25) is 30.6 Å². The minimum absolute atomic E-state index is 0.0409. The number of hydrogen-bond acceptors (Lipinski definition) is 7. The predicted molar refractivity (Wildman–Crippen MR) is 93.9 cm³/mol. The number of benzene rings is 1. The molecule has 0 saturated heterocycles. The molecule has 1 aromatic carbocycles. The Morgan fingerprint density at radius 2 is 1.85 bits per heavy atom. The van der Waals surface area contributed by atoms with Crippen LogP contribution < -0.4 is 10.9 Å². The number of nitro groups is 1. The second-order valence-electron chi connectivity index (χ2n) is 6.01. The van der Waals surface area contributed by atoms with Crippen molar-refractivity contribution in [3.8, 4) is 0 Å². The zero-order valence-corrected chi connectivity index (χ0v) is 14.4. The fourth-order valence-electron chi connectivity index (χ4n) is 2.41. The van der Waals surface area contributed by atoms with Gasteiger partial charge in [-0.2, -0.15) is 0 Å². The molecule has 2 N–H and O–H groups in total. The molecule has 0 aliphatic rings. The number of nitro benzene ring substituents is 1. The number of nitrogens with zero attached hydrogens (tertiary/aromatic N) is 3. The number of hydrazine groups is 1. The Bertz CT molecular complexity index is 1040. The highest BCUT2D eigenvalue weighted by atomic mass is 16.6. The van der Waals surface area contributed by atoms with Gasteiger partial charge < -0.3 is 4.52 Å². The molecule has 138 valence electrons. The molecule has 0 atom stereocenters. The van der Waals surface area contributed by atoms with Crippen LogP contribution in [0.25, 0.3) is 11.1 Å². The summed E-state index contributed by atoms with van der Waals surface area (Å²) in [5.41, 5.74) is 5.47. The Balaban J connectivity index is 1.73. The van der Waals surface area contributed by atoms with Gasteiger partial charge >= 0.3 is 0 Å². The van der Waals surface area contributed by atoms with E-state index in [9.17, 15) is 19.7 Å². The number of aromatic nitrogens is 2. The van der Waals surface area contributed by atoms with Crippen LogP contribution in [-0.2, 0) is 0 Å². The van der Waals surface area contributed by atoms with E-state index in [-0.39, 0.29) is 22.7 Å². The minimum Gasteiger partial charge on any atom is -0.336 e. The second kappa shape index (κ2) is 7.20. The van der Waals surface area contributed by atoms with Crippen molar-refractivity contribution in [2.24, 2.45) is 0 Å². The number of rotatable bonds is 4. The van der Waals surface area contributed by atoms with Crippen molar-refractivity contribution >= 4 is 28.6 Å². The largest absolute Gasteiger partial charge is 0.336 e. The van der Waals surface area contributed by atoms with Gasteiger partial charge in [0.05, 0.1) is 21.6 Å². The van der Waals surface area contributed by atoms with Gasteiger partial charge in [0.1, 0.15) is 0 Å². The van der Waals surface area contributed by atoms with E-state index in [1.807, 2.05) is 13.8 Å². The Morgan fingerprint density at radius 3 is 2.52 bits per heavy atom. The highest BCUT2D eigenvalue weighted by Gasteiger charge is 2.17. The summed E-state index contributed by atoms with van der Waals surface area (Å²) in [5, 5.41) is 15.3. The van der Waals surface area contributed by atoms with Crippen molar-refractivity contribution in [2.45, 2.75) is 19.8 Å². The lowest BCUT2D eigenvalue weighted by Gasteiger charge is -2.07. The van der Waals surface area contributed by atoms with Gasteiger partial charge in [-0.1, -0.05) is 25.1 Å². The van der Waals surface area contributed by atoms with Crippen molar-refractivity contribution in [3.05, 3.63) is 63.5 Å². The van der Waals surface area contributed by atoms with Crippen LogP contribution in [0.3, 0.4) is 0 Å². The van der Waals surface area contributed by atoms with Crippen LogP contribution >= 0.6 is 0 Å². The van der Waals surface area contributed by atoms with Gasteiger partial charge in [-0.15, -0.1) is 0 Å². The average molecular weight is 369 g/mol. The number of fused-ring (bicyclic) bond motifs is 1. The van der Waals surface area contributed by atoms with E-state index in [0.29, 0.717) is 16.8 Å². The highest BCUT2D eigenvalue weighted by Crippen LogP contribution is 2.24. The molecular formula is C17H15N5O5. The van der Waals surface area contributed by atoms with Crippen LogP contribution in [0.4, 0.5) is 5.69 Å². The first-order valence-corrected chi connectivity index (χ1v) is 7.97. The van der Waals surface area contributed by atoms with Crippen LogP contribution in [0.2, 0.25) is 0 Å². The average Bonchev–Trinajstić information content (AvgIpc) is 3.09. The Kier molecular flexibility index (Phi) is 4.79. The summed E-state index contributed by atoms with van der Waals surface area (Å²) in [7, 11) is 0. The van der Waals surface area contributed by atoms with Crippen LogP contribution in [0.5, 0.6) is 0 Å². The molecule has 0 unspecified atom stereocenters. The molecule has 3 aromatic rings. The highest BCUT2D eigenvalue weighted by molar-refractivity contribution is 6.00. The molecule has 0 saturated carbocycles. The Morgan fingerprint density at radius 1 is 1.15 bits per heavy atom. The van der Waals surface area contributed by atoms with Crippen molar-refractivity contribution in [3.63, 3.8) is 0 Å². The summed E-state index contributed by atoms with van der Waals surface area (Å²) in [6.07, 6.45) is 1.30. The molecule has 0 fully saturated rings. The zero-order valence-electron chi connectivity index (χ0n) is 14.4. The zero-order chi connectivity index (χ0) is 19.6. The molecule has 3 rings (SSSR count). The van der Waals surface area contributed by atoms with Gasteiger partial charge in [0.25, 0.3) is 23.2 Å². The minimum atomic E-state index is -0.686. The fourth-order valence-corrected chi connectivity index (χ4v) is 2.41. The Hall–Kier alpha value is -3.82. The SMILES string of the molecule is CC(C)c1noc2ncc(C(=O)NNC(=O)c3cccc([N+](=O)[O-])c3)cc12. The van der Waals surface area contributed by atoms with E-state index in [0.717, 1.165) is 6.07 Å². The summed E-state index contributed by atoms with van der Waals surface area (Å²) in [4.78, 5) is 38.6. The molecule has 0 bridgehead atoms. The predicted octanol–water partition coefficient (Wildman–Crippen LogP) is 2.33. The molecule has 2 heterocycles. The first-order valence-electron chi connectivity index (χ1n) is 7.97. The van der Waals surface area contributed by atoms with Crippen LogP contribution in [0, 0.1) is 10.1 Å². The number of amides is 2. The smallest absolute Gasteiger partial charge is 0.271 e. The molecule has 27 heavy (non-hydrogen) atoms. The van der Waals surface area contributed by atoms with Gasteiger partial charge in [0.15, 0.2) is 0 Å².